The van der Waals surface area contributed by atoms with Crippen LogP contribution in [0.4, 0.5) is 0 Å². The molecule has 0 aliphatic carbocycles. The summed E-state index contributed by atoms with van der Waals surface area (Å²) < 4.78 is 2.09. The van der Waals surface area contributed by atoms with Gasteiger partial charge in [0.15, 0.2) is 0 Å². The maximum Gasteiger partial charge on any atom is 0.269 e. The summed E-state index contributed by atoms with van der Waals surface area (Å²) >= 11 is 3.18. The quantitative estimate of drug-likeness (QED) is 0.728. The van der Waals surface area contributed by atoms with Crippen LogP contribution in [0.5, 0.6) is 0 Å². The average Bonchev–Trinajstić information content (AvgIpc) is 2.14. The van der Waals surface area contributed by atoms with Crippen molar-refractivity contribution in [3.05, 3.63) is 51.9 Å². The second-order valence-electron chi connectivity index (χ2n) is 2.45. The van der Waals surface area contributed by atoms with Gasteiger partial charge in [-0.05, 0) is 41.1 Å². The molecule has 0 aromatic carbocycles. The molecule has 1 aromatic heterocycles. The van der Waals surface area contributed by atoms with Crippen LogP contribution < -0.4 is 5.56 Å². The first-order valence-corrected chi connectivity index (χ1v) is 4.66. The average molecular weight is 240 g/mol. The van der Waals surface area contributed by atoms with Crippen LogP contribution in [0.15, 0.2) is 46.3 Å². The molecule has 0 N–H and O–H groups in total. The predicted octanol–water partition coefficient (Wildman–Crippen LogP) is 2.66. The third kappa shape index (κ3) is 1.98. The SMILES string of the molecule is C=CC(=CC)n1cccc(Br)c1=O. The lowest BCUT2D eigenvalue weighted by molar-refractivity contribution is 1.01. The maximum atomic E-state index is 11.6. The van der Waals surface area contributed by atoms with E-state index in [1.54, 1.807) is 24.4 Å². The molecule has 1 heterocycles. The minimum Gasteiger partial charge on any atom is -0.284 e. The Morgan fingerprint density at radius 2 is 2.38 bits per heavy atom. The van der Waals surface area contributed by atoms with E-state index in [1.807, 2.05) is 13.0 Å². The molecule has 0 aliphatic rings. The molecule has 0 radical (unpaired) electrons. The van der Waals surface area contributed by atoms with E-state index in [4.69, 9.17) is 0 Å². The van der Waals surface area contributed by atoms with Gasteiger partial charge in [-0.25, -0.2) is 0 Å². The van der Waals surface area contributed by atoms with Crippen molar-refractivity contribution in [2.24, 2.45) is 0 Å². The first kappa shape index (κ1) is 9.99. The highest BCUT2D eigenvalue weighted by atomic mass is 79.9. The smallest absolute Gasteiger partial charge is 0.269 e. The van der Waals surface area contributed by atoms with Crippen LogP contribution in [0.2, 0.25) is 0 Å². The van der Waals surface area contributed by atoms with Crippen LogP contribution in [-0.4, -0.2) is 4.57 Å². The Morgan fingerprint density at radius 1 is 1.69 bits per heavy atom. The van der Waals surface area contributed by atoms with Crippen molar-refractivity contribution in [3.8, 4) is 0 Å². The summed E-state index contributed by atoms with van der Waals surface area (Å²) in [6, 6.07) is 3.52. The minimum absolute atomic E-state index is 0.0736. The number of aromatic nitrogens is 1. The summed E-state index contributed by atoms with van der Waals surface area (Å²) in [5.74, 6) is 0. The fourth-order valence-electron chi connectivity index (χ4n) is 1.03. The summed E-state index contributed by atoms with van der Waals surface area (Å²) in [6.07, 6.45) is 5.19. The van der Waals surface area contributed by atoms with Crippen molar-refractivity contribution in [1.82, 2.24) is 4.57 Å². The molecule has 0 amide bonds. The Bertz CT molecular complexity index is 404. The lowest BCUT2D eigenvalue weighted by Gasteiger charge is -2.05. The van der Waals surface area contributed by atoms with Gasteiger partial charge >= 0.3 is 0 Å². The molecule has 68 valence electrons. The number of pyridine rings is 1. The van der Waals surface area contributed by atoms with Crippen molar-refractivity contribution < 1.29 is 0 Å². The molecule has 3 heteroatoms. The third-order valence-electron chi connectivity index (χ3n) is 1.68. The van der Waals surface area contributed by atoms with Gasteiger partial charge in [-0.3, -0.25) is 9.36 Å². The highest BCUT2D eigenvalue weighted by Gasteiger charge is 2.00. The normalized spacial score (nSPS) is 11.4. The molecular formula is C10H10BrNO. The zero-order valence-corrected chi connectivity index (χ0v) is 8.91. The van der Waals surface area contributed by atoms with Crippen molar-refractivity contribution in [2.75, 3.05) is 0 Å². The van der Waals surface area contributed by atoms with Gasteiger partial charge in [0.25, 0.3) is 5.56 Å². The largest absolute Gasteiger partial charge is 0.284 e. The van der Waals surface area contributed by atoms with Crippen molar-refractivity contribution in [3.63, 3.8) is 0 Å². The molecule has 0 saturated heterocycles. The summed E-state index contributed by atoms with van der Waals surface area (Å²) in [7, 11) is 0. The van der Waals surface area contributed by atoms with E-state index in [2.05, 4.69) is 22.5 Å². The molecule has 13 heavy (non-hydrogen) atoms. The minimum atomic E-state index is -0.0736. The third-order valence-corrected chi connectivity index (χ3v) is 2.29. The summed E-state index contributed by atoms with van der Waals surface area (Å²) in [4.78, 5) is 11.6. The van der Waals surface area contributed by atoms with Gasteiger partial charge in [-0.15, -0.1) is 0 Å². The lowest BCUT2D eigenvalue weighted by Crippen LogP contribution is -2.17. The van der Waals surface area contributed by atoms with Crippen LogP contribution in [0.1, 0.15) is 6.92 Å². The number of hydrogen-bond acceptors (Lipinski definition) is 1. The summed E-state index contributed by atoms with van der Waals surface area (Å²) in [5.41, 5.74) is 0.710. The van der Waals surface area contributed by atoms with E-state index >= 15 is 0 Å². The molecule has 1 rings (SSSR count). The van der Waals surface area contributed by atoms with Gasteiger partial charge in [0.05, 0.1) is 4.47 Å². The number of hydrogen-bond donors (Lipinski definition) is 0. The zero-order chi connectivity index (χ0) is 9.84. The second-order valence-corrected chi connectivity index (χ2v) is 3.30. The van der Waals surface area contributed by atoms with Gasteiger partial charge in [0.1, 0.15) is 0 Å². The maximum absolute atomic E-state index is 11.6. The molecule has 0 saturated carbocycles. The van der Waals surface area contributed by atoms with Crippen LogP contribution in [-0.2, 0) is 0 Å². The predicted molar refractivity (Wildman–Crippen MR) is 58.5 cm³/mol. The van der Waals surface area contributed by atoms with Gasteiger partial charge in [0.2, 0.25) is 0 Å². The number of nitrogens with zero attached hydrogens (tertiary/aromatic N) is 1. The Labute approximate surface area is 85.3 Å². The Morgan fingerprint density at radius 3 is 2.92 bits per heavy atom. The topological polar surface area (TPSA) is 22.0 Å². The molecule has 0 atom stereocenters. The lowest BCUT2D eigenvalue weighted by atomic mass is 10.3. The highest BCUT2D eigenvalue weighted by molar-refractivity contribution is 9.10. The van der Waals surface area contributed by atoms with E-state index < -0.39 is 0 Å². The van der Waals surface area contributed by atoms with Crippen molar-refractivity contribution in [1.29, 1.82) is 0 Å². The van der Waals surface area contributed by atoms with E-state index in [0.29, 0.717) is 4.47 Å². The van der Waals surface area contributed by atoms with Crippen LogP contribution >= 0.6 is 15.9 Å². The van der Waals surface area contributed by atoms with Crippen LogP contribution in [0, 0.1) is 0 Å². The van der Waals surface area contributed by atoms with Crippen LogP contribution in [0.3, 0.4) is 0 Å². The molecule has 0 bridgehead atoms. The first-order chi connectivity index (χ1) is 6.20. The van der Waals surface area contributed by atoms with Crippen LogP contribution in [0.25, 0.3) is 5.70 Å². The molecular weight excluding hydrogens is 230 g/mol. The molecule has 2 nitrogen and oxygen atoms in total. The Hall–Kier alpha value is -1.09. The fraction of sp³-hybridized carbons (Fsp3) is 0.100. The molecule has 1 aromatic rings. The molecule has 0 aliphatic heterocycles. The number of allylic oxidation sites excluding steroid dienone is 3. The van der Waals surface area contributed by atoms with E-state index in [9.17, 15) is 4.79 Å². The second kappa shape index (κ2) is 4.23. The van der Waals surface area contributed by atoms with E-state index in [0.717, 1.165) is 5.70 Å². The van der Waals surface area contributed by atoms with Gasteiger partial charge in [0, 0.05) is 11.9 Å². The number of halogens is 1. The zero-order valence-electron chi connectivity index (χ0n) is 7.33. The standard InChI is InChI=1S/C10H10BrNO/c1-3-8(4-2)12-7-5-6-9(11)10(12)13/h3-7H,1H2,2H3. The van der Waals surface area contributed by atoms with Gasteiger partial charge in [-0.1, -0.05) is 12.7 Å². The molecule has 0 fully saturated rings. The highest BCUT2D eigenvalue weighted by Crippen LogP contribution is 2.06. The monoisotopic (exact) mass is 239 g/mol. The fourth-order valence-corrected chi connectivity index (χ4v) is 1.37. The number of rotatable bonds is 2. The summed E-state index contributed by atoms with van der Waals surface area (Å²) in [6.45, 7) is 5.50. The van der Waals surface area contributed by atoms with E-state index in [-0.39, 0.29) is 5.56 Å². The van der Waals surface area contributed by atoms with Gasteiger partial charge < -0.3 is 0 Å². The van der Waals surface area contributed by atoms with E-state index in [1.165, 1.54) is 4.57 Å². The van der Waals surface area contributed by atoms with Crippen molar-refractivity contribution >= 4 is 21.6 Å². The molecule has 0 unspecified atom stereocenters. The van der Waals surface area contributed by atoms with Gasteiger partial charge in [-0.2, -0.15) is 0 Å². The first-order valence-electron chi connectivity index (χ1n) is 3.87. The molecule has 0 spiro atoms. The van der Waals surface area contributed by atoms with Crippen molar-refractivity contribution in [2.45, 2.75) is 6.92 Å². The summed E-state index contributed by atoms with van der Waals surface area (Å²) in [5, 5.41) is 0. The Balaban J connectivity index is 3.39. The Kier molecular flexibility index (Phi) is 3.25.